The molecule has 1 rings (SSSR count). The third-order valence-electron chi connectivity index (χ3n) is 3.43. The highest BCUT2D eigenvalue weighted by atomic mass is 16.3. The molecule has 1 heteroatoms. The summed E-state index contributed by atoms with van der Waals surface area (Å²) in [5.74, 6) is 0.910. The fraction of sp³-hybridized carbons (Fsp3) is 0.600. The van der Waals surface area contributed by atoms with E-state index < -0.39 is 0 Å². The molecular formula is C15H24O. The second-order valence-corrected chi connectivity index (χ2v) is 4.75. The van der Waals surface area contributed by atoms with E-state index in [9.17, 15) is 5.11 Å². The van der Waals surface area contributed by atoms with E-state index in [1.54, 1.807) is 0 Å². The number of phenols is 1. The summed E-state index contributed by atoms with van der Waals surface area (Å²) in [6, 6.07) is 4.13. The van der Waals surface area contributed by atoms with Crippen molar-refractivity contribution in [3.8, 4) is 5.75 Å². The van der Waals surface area contributed by atoms with E-state index >= 15 is 0 Å². The molecule has 1 aromatic rings. The highest BCUT2D eigenvalue weighted by Crippen LogP contribution is 2.31. The van der Waals surface area contributed by atoms with Crippen LogP contribution in [-0.4, -0.2) is 5.11 Å². The molecule has 0 aliphatic carbocycles. The van der Waals surface area contributed by atoms with Crippen molar-refractivity contribution >= 4 is 0 Å². The van der Waals surface area contributed by atoms with Crippen LogP contribution >= 0.6 is 0 Å². The predicted octanol–water partition coefficient (Wildman–Crippen LogP) is 4.56. The molecular weight excluding hydrogens is 196 g/mol. The number of unbranched alkanes of at least 4 members (excludes halogenated alkanes) is 1. The Morgan fingerprint density at radius 3 is 2.50 bits per heavy atom. The zero-order chi connectivity index (χ0) is 12.1. The van der Waals surface area contributed by atoms with E-state index in [2.05, 4.69) is 33.8 Å². The molecule has 16 heavy (non-hydrogen) atoms. The van der Waals surface area contributed by atoms with Gasteiger partial charge in [-0.25, -0.2) is 0 Å². The summed E-state index contributed by atoms with van der Waals surface area (Å²) in [4.78, 5) is 0. The number of aryl methyl sites for hydroxylation is 2. The van der Waals surface area contributed by atoms with Crippen molar-refractivity contribution in [1.82, 2.24) is 0 Å². The predicted molar refractivity (Wildman–Crippen MR) is 70.2 cm³/mol. The van der Waals surface area contributed by atoms with Crippen molar-refractivity contribution in [2.24, 2.45) is 0 Å². The Hall–Kier alpha value is -0.980. The average molecular weight is 220 g/mol. The lowest BCUT2D eigenvalue weighted by molar-refractivity contribution is 0.461. The zero-order valence-corrected chi connectivity index (χ0v) is 11.0. The highest BCUT2D eigenvalue weighted by Gasteiger charge is 2.11. The van der Waals surface area contributed by atoms with Gasteiger partial charge in [0.1, 0.15) is 5.75 Å². The molecule has 0 fully saturated rings. The SMILES string of the molecule is CCCCc1cc(C(C)CC)c(O)cc1C. The van der Waals surface area contributed by atoms with Gasteiger partial charge in [0.05, 0.1) is 0 Å². The lowest BCUT2D eigenvalue weighted by Crippen LogP contribution is -1.97. The molecule has 1 atom stereocenters. The number of phenolic OH excluding ortho intramolecular Hbond substituents is 1. The van der Waals surface area contributed by atoms with Crippen LogP contribution in [0.1, 0.15) is 62.6 Å². The summed E-state index contributed by atoms with van der Waals surface area (Å²) < 4.78 is 0. The summed E-state index contributed by atoms with van der Waals surface area (Å²) in [5, 5.41) is 9.94. The normalized spacial score (nSPS) is 12.8. The summed E-state index contributed by atoms with van der Waals surface area (Å²) in [7, 11) is 0. The van der Waals surface area contributed by atoms with Crippen LogP contribution in [0.25, 0.3) is 0 Å². The van der Waals surface area contributed by atoms with Crippen molar-refractivity contribution in [2.45, 2.75) is 59.3 Å². The minimum Gasteiger partial charge on any atom is -0.508 e. The standard InChI is InChI=1S/C15H24O/c1-5-7-8-13-10-14(11(3)6-2)15(16)9-12(13)4/h9-11,16H,5-8H2,1-4H3. The van der Waals surface area contributed by atoms with Crippen molar-refractivity contribution in [2.75, 3.05) is 0 Å². The maximum Gasteiger partial charge on any atom is 0.119 e. The van der Waals surface area contributed by atoms with Crippen molar-refractivity contribution in [1.29, 1.82) is 0 Å². The summed E-state index contributed by atoms with van der Waals surface area (Å²) in [6.07, 6.45) is 4.65. The van der Waals surface area contributed by atoms with Crippen molar-refractivity contribution in [3.63, 3.8) is 0 Å². The molecule has 1 unspecified atom stereocenters. The first-order valence-electron chi connectivity index (χ1n) is 6.42. The van der Waals surface area contributed by atoms with Gasteiger partial charge < -0.3 is 5.11 Å². The van der Waals surface area contributed by atoms with Crippen molar-refractivity contribution < 1.29 is 5.11 Å². The van der Waals surface area contributed by atoms with Crippen LogP contribution in [-0.2, 0) is 6.42 Å². The van der Waals surface area contributed by atoms with Gasteiger partial charge in [-0.1, -0.05) is 33.3 Å². The number of hydrogen-bond donors (Lipinski definition) is 1. The summed E-state index contributed by atoms with van der Waals surface area (Å²) in [6.45, 7) is 8.64. The maximum atomic E-state index is 9.94. The Kier molecular flexibility index (Phi) is 4.85. The van der Waals surface area contributed by atoms with E-state index in [1.807, 2.05) is 6.07 Å². The van der Waals surface area contributed by atoms with Crippen LogP contribution < -0.4 is 0 Å². The Morgan fingerprint density at radius 1 is 1.25 bits per heavy atom. The molecule has 1 nitrogen and oxygen atoms in total. The summed E-state index contributed by atoms with van der Waals surface area (Å²) >= 11 is 0. The van der Waals surface area contributed by atoms with Gasteiger partial charge >= 0.3 is 0 Å². The molecule has 0 amide bonds. The average Bonchev–Trinajstić information content (AvgIpc) is 2.27. The van der Waals surface area contributed by atoms with E-state index in [-0.39, 0.29) is 0 Å². The molecule has 1 N–H and O–H groups in total. The number of hydrogen-bond acceptors (Lipinski definition) is 1. The summed E-state index contributed by atoms with van der Waals surface area (Å²) in [5.41, 5.74) is 3.73. The van der Waals surface area contributed by atoms with Gasteiger partial charge in [0, 0.05) is 0 Å². The largest absolute Gasteiger partial charge is 0.508 e. The fourth-order valence-electron chi connectivity index (χ4n) is 2.01. The minimum absolute atomic E-state index is 0.445. The van der Waals surface area contributed by atoms with Gasteiger partial charge in [-0.15, -0.1) is 0 Å². The van der Waals surface area contributed by atoms with Crippen LogP contribution in [0.5, 0.6) is 5.75 Å². The van der Waals surface area contributed by atoms with Crippen LogP contribution in [0.3, 0.4) is 0 Å². The molecule has 0 saturated heterocycles. The van der Waals surface area contributed by atoms with E-state index in [0.717, 1.165) is 18.4 Å². The van der Waals surface area contributed by atoms with Crippen LogP contribution in [0.2, 0.25) is 0 Å². The molecule has 0 radical (unpaired) electrons. The van der Waals surface area contributed by atoms with Gasteiger partial charge in [-0.2, -0.15) is 0 Å². The Morgan fingerprint density at radius 2 is 1.94 bits per heavy atom. The molecule has 0 bridgehead atoms. The van der Waals surface area contributed by atoms with Gasteiger partial charge in [0.2, 0.25) is 0 Å². The second kappa shape index (κ2) is 5.93. The fourth-order valence-corrected chi connectivity index (χ4v) is 2.01. The van der Waals surface area contributed by atoms with Crippen LogP contribution in [0.4, 0.5) is 0 Å². The van der Waals surface area contributed by atoms with E-state index in [0.29, 0.717) is 11.7 Å². The Balaban J connectivity index is 3.01. The quantitative estimate of drug-likeness (QED) is 0.771. The lowest BCUT2D eigenvalue weighted by atomic mass is 9.92. The molecule has 0 aromatic heterocycles. The van der Waals surface area contributed by atoms with E-state index in [1.165, 1.54) is 24.0 Å². The molecule has 0 aliphatic rings. The first-order valence-corrected chi connectivity index (χ1v) is 6.42. The third-order valence-corrected chi connectivity index (χ3v) is 3.43. The van der Waals surface area contributed by atoms with Gasteiger partial charge in [-0.3, -0.25) is 0 Å². The molecule has 0 saturated carbocycles. The zero-order valence-electron chi connectivity index (χ0n) is 11.0. The van der Waals surface area contributed by atoms with Crippen LogP contribution in [0.15, 0.2) is 12.1 Å². The topological polar surface area (TPSA) is 20.2 Å². The molecule has 0 spiro atoms. The molecule has 1 aromatic carbocycles. The first-order chi connectivity index (χ1) is 7.60. The third kappa shape index (κ3) is 3.01. The first kappa shape index (κ1) is 13.1. The van der Waals surface area contributed by atoms with Crippen LogP contribution in [0, 0.1) is 6.92 Å². The monoisotopic (exact) mass is 220 g/mol. The van der Waals surface area contributed by atoms with Gasteiger partial charge in [-0.05, 0) is 54.9 Å². The van der Waals surface area contributed by atoms with Gasteiger partial charge in [0.25, 0.3) is 0 Å². The Bertz CT molecular complexity index is 342. The Labute approximate surface area is 99.5 Å². The van der Waals surface area contributed by atoms with Gasteiger partial charge in [0.15, 0.2) is 0 Å². The maximum absolute atomic E-state index is 9.94. The van der Waals surface area contributed by atoms with Crippen molar-refractivity contribution in [3.05, 3.63) is 28.8 Å². The molecule has 90 valence electrons. The second-order valence-electron chi connectivity index (χ2n) is 4.75. The molecule has 0 heterocycles. The number of aromatic hydroxyl groups is 1. The highest BCUT2D eigenvalue weighted by molar-refractivity contribution is 5.43. The lowest BCUT2D eigenvalue weighted by Gasteiger charge is -2.15. The number of benzene rings is 1. The minimum atomic E-state index is 0.445. The molecule has 0 aliphatic heterocycles. The van der Waals surface area contributed by atoms with E-state index in [4.69, 9.17) is 0 Å². The smallest absolute Gasteiger partial charge is 0.119 e. The number of rotatable bonds is 5.